The lowest BCUT2D eigenvalue weighted by atomic mass is 10.0. The second kappa shape index (κ2) is 11.9. The zero-order valence-corrected chi connectivity index (χ0v) is 21.2. The van der Waals surface area contributed by atoms with Gasteiger partial charge >= 0.3 is 5.97 Å². The summed E-state index contributed by atoms with van der Waals surface area (Å²) in [5.41, 5.74) is 2.85. The van der Waals surface area contributed by atoms with Gasteiger partial charge in [-0.1, -0.05) is 35.0 Å². The monoisotopic (exact) mass is 531 g/mol. The van der Waals surface area contributed by atoms with Gasteiger partial charge in [0, 0.05) is 15.4 Å². The number of aryl methyl sites for hydroxylation is 1. The molecule has 174 valence electrons. The quantitative estimate of drug-likeness (QED) is 0.309. The first kappa shape index (κ1) is 24.8. The van der Waals surface area contributed by atoms with Gasteiger partial charge in [0.2, 0.25) is 0 Å². The van der Waals surface area contributed by atoms with E-state index in [1.165, 1.54) is 11.3 Å². The number of halogens is 1. The number of hydrogen-bond acceptors (Lipinski definition) is 6. The average molecular weight is 532 g/mol. The fraction of sp³-hybridized carbons (Fsp3) is 0.280. The maximum absolute atomic E-state index is 12.7. The van der Waals surface area contributed by atoms with Crippen LogP contribution in [-0.4, -0.2) is 31.7 Å². The van der Waals surface area contributed by atoms with Crippen molar-refractivity contribution in [3.8, 4) is 22.6 Å². The molecule has 3 rings (SSSR count). The molecule has 1 N–H and O–H groups in total. The Morgan fingerprint density at radius 1 is 1.00 bits per heavy atom. The summed E-state index contributed by atoms with van der Waals surface area (Å²) in [6.07, 6.45) is 0.778. The summed E-state index contributed by atoms with van der Waals surface area (Å²) in [5.74, 6) is 0.563. The smallest absolute Gasteiger partial charge is 0.341 e. The van der Waals surface area contributed by atoms with E-state index in [0.29, 0.717) is 28.5 Å². The van der Waals surface area contributed by atoms with Crippen LogP contribution in [0.2, 0.25) is 0 Å². The number of ether oxygens (including phenoxy) is 3. The van der Waals surface area contributed by atoms with Gasteiger partial charge in [-0.2, -0.15) is 0 Å². The average Bonchev–Trinajstić information content (AvgIpc) is 3.22. The Morgan fingerprint density at radius 3 is 2.42 bits per heavy atom. The van der Waals surface area contributed by atoms with Gasteiger partial charge in [0.15, 0.2) is 6.61 Å². The molecule has 6 nitrogen and oxygen atoms in total. The number of nitrogens with one attached hydrogen (secondary N) is 1. The highest BCUT2D eigenvalue weighted by Crippen LogP contribution is 2.37. The number of benzene rings is 2. The number of amides is 1. The Morgan fingerprint density at radius 2 is 1.76 bits per heavy atom. The summed E-state index contributed by atoms with van der Waals surface area (Å²) in [7, 11) is 0. The molecule has 8 heteroatoms. The second-order valence-electron chi connectivity index (χ2n) is 6.97. The number of hydrogen-bond donors (Lipinski definition) is 1. The Bertz CT molecular complexity index is 1110. The van der Waals surface area contributed by atoms with Gasteiger partial charge in [0.25, 0.3) is 5.91 Å². The Labute approximate surface area is 206 Å². The first-order chi connectivity index (χ1) is 16.0. The molecule has 0 aliphatic heterocycles. The molecule has 0 aliphatic rings. The third-order valence-corrected chi connectivity index (χ3v) is 6.15. The maximum atomic E-state index is 12.7. The first-order valence-corrected chi connectivity index (χ1v) is 12.4. The summed E-state index contributed by atoms with van der Waals surface area (Å²) >= 11 is 4.72. The largest absolute Gasteiger partial charge is 0.494 e. The molecule has 3 aromatic rings. The van der Waals surface area contributed by atoms with Gasteiger partial charge in [-0.05, 0) is 61.7 Å². The standard InChI is InChI=1S/C25H26BrNO5S/c1-4-16-13-18(26)9-12-21(16)32-14-22(28)27-24-23(25(29)31-6-3)20(15-33-24)17-7-10-19(11-8-17)30-5-2/h7-13,15H,4-6,14H2,1-3H3,(H,27,28). The molecule has 0 fully saturated rings. The third kappa shape index (κ3) is 6.36. The Balaban J connectivity index is 1.79. The van der Waals surface area contributed by atoms with Crippen molar-refractivity contribution in [1.29, 1.82) is 0 Å². The van der Waals surface area contributed by atoms with Gasteiger partial charge in [-0.15, -0.1) is 11.3 Å². The van der Waals surface area contributed by atoms with Crippen LogP contribution in [-0.2, 0) is 16.0 Å². The second-order valence-corrected chi connectivity index (χ2v) is 8.77. The van der Waals surface area contributed by atoms with Crippen LogP contribution in [0.25, 0.3) is 11.1 Å². The van der Waals surface area contributed by atoms with Crippen molar-refractivity contribution in [1.82, 2.24) is 0 Å². The lowest BCUT2D eigenvalue weighted by molar-refractivity contribution is -0.118. The van der Waals surface area contributed by atoms with E-state index in [9.17, 15) is 9.59 Å². The topological polar surface area (TPSA) is 73.9 Å². The van der Waals surface area contributed by atoms with Crippen LogP contribution in [0.4, 0.5) is 5.00 Å². The van der Waals surface area contributed by atoms with E-state index < -0.39 is 5.97 Å². The molecule has 2 aromatic carbocycles. The fourth-order valence-electron chi connectivity index (χ4n) is 3.24. The summed E-state index contributed by atoms with van der Waals surface area (Å²) in [6.45, 7) is 6.32. The molecular weight excluding hydrogens is 506 g/mol. The summed E-state index contributed by atoms with van der Waals surface area (Å²) in [6, 6.07) is 13.1. The number of esters is 1. The van der Waals surface area contributed by atoms with Crippen molar-refractivity contribution in [2.45, 2.75) is 27.2 Å². The SMILES string of the molecule is CCOC(=O)c1c(-c2ccc(OCC)cc2)csc1NC(=O)COc1ccc(Br)cc1CC. The van der Waals surface area contributed by atoms with Gasteiger partial charge in [-0.3, -0.25) is 4.79 Å². The highest BCUT2D eigenvalue weighted by molar-refractivity contribution is 9.10. The van der Waals surface area contributed by atoms with Crippen LogP contribution < -0.4 is 14.8 Å². The minimum atomic E-state index is -0.486. The van der Waals surface area contributed by atoms with E-state index in [1.54, 1.807) is 6.92 Å². The molecule has 1 amide bonds. The van der Waals surface area contributed by atoms with Crippen LogP contribution in [0.15, 0.2) is 52.3 Å². The molecule has 1 aromatic heterocycles. The van der Waals surface area contributed by atoms with Crippen molar-refractivity contribution >= 4 is 44.1 Å². The van der Waals surface area contributed by atoms with Crippen LogP contribution in [0.5, 0.6) is 11.5 Å². The van der Waals surface area contributed by atoms with E-state index in [1.807, 2.05) is 61.7 Å². The molecule has 0 atom stereocenters. The number of carbonyl (C=O) groups is 2. The zero-order valence-electron chi connectivity index (χ0n) is 18.8. The highest BCUT2D eigenvalue weighted by atomic mass is 79.9. The van der Waals surface area contributed by atoms with Gasteiger partial charge < -0.3 is 19.5 Å². The lowest BCUT2D eigenvalue weighted by Gasteiger charge is -2.12. The fourth-order valence-corrected chi connectivity index (χ4v) is 4.62. The minimum Gasteiger partial charge on any atom is -0.494 e. The van der Waals surface area contributed by atoms with E-state index in [0.717, 1.165) is 27.8 Å². The molecule has 0 spiro atoms. The summed E-state index contributed by atoms with van der Waals surface area (Å²) < 4.78 is 17.4. The highest BCUT2D eigenvalue weighted by Gasteiger charge is 2.23. The molecular formula is C25H26BrNO5S. The van der Waals surface area contributed by atoms with Gasteiger partial charge in [-0.25, -0.2) is 4.79 Å². The first-order valence-electron chi connectivity index (χ1n) is 10.7. The van der Waals surface area contributed by atoms with Crippen molar-refractivity contribution in [3.05, 3.63) is 63.4 Å². The van der Waals surface area contributed by atoms with Crippen LogP contribution >= 0.6 is 27.3 Å². The van der Waals surface area contributed by atoms with Gasteiger partial charge in [0.1, 0.15) is 22.1 Å². The normalized spacial score (nSPS) is 10.5. The predicted molar refractivity (Wildman–Crippen MR) is 135 cm³/mol. The predicted octanol–water partition coefficient (Wildman–Crippen LogP) is 6.33. The number of rotatable bonds is 10. The number of carbonyl (C=O) groups excluding carboxylic acids is 2. The zero-order chi connectivity index (χ0) is 23.8. The van der Waals surface area contributed by atoms with E-state index in [2.05, 4.69) is 21.2 Å². The van der Waals surface area contributed by atoms with Crippen LogP contribution in [0.1, 0.15) is 36.7 Å². The molecule has 0 radical (unpaired) electrons. The van der Waals surface area contributed by atoms with E-state index in [-0.39, 0.29) is 19.1 Å². The molecule has 0 bridgehead atoms. The van der Waals surface area contributed by atoms with E-state index >= 15 is 0 Å². The maximum Gasteiger partial charge on any atom is 0.341 e. The van der Waals surface area contributed by atoms with Crippen molar-refractivity contribution in [3.63, 3.8) is 0 Å². The molecule has 0 unspecified atom stereocenters. The van der Waals surface area contributed by atoms with Crippen LogP contribution in [0, 0.1) is 0 Å². The van der Waals surface area contributed by atoms with Crippen molar-refractivity contribution in [2.75, 3.05) is 25.1 Å². The molecule has 1 heterocycles. The minimum absolute atomic E-state index is 0.173. The molecule has 0 saturated heterocycles. The molecule has 33 heavy (non-hydrogen) atoms. The summed E-state index contributed by atoms with van der Waals surface area (Å²) in [5, 5.41) is 5.07. The molecule has 0 saturated carbocycles. The number of thiophene rings is 1. The lowest BCUT2D eigenvalue weighted by Crippen LogP contribution is -2.21. The summed E-state index contributed by atoms with van der Waals surface area (Å²) in [4.78, 5) is 25.4. The third-order valence-electron chi connectivity index (χ3n) is 4.76. The van der Waals surface area contributed by atoms with E-state index in [4.69, 9.17) is 14.2 Å². The van der Waals surface area contributed by atoms with Gasteiger partial charge in [0.05, 0.1) is 13.2 Å². The van der Waals surface area contributed by atoms with Crippen molar-refractivity contribution < 1.29 is 23.8 Å². The molecule has 0 aliphatic carbocycles. The Hall–Kier alpha value is -2.84. The number of anilines is 1. The van der Waals surface area contributed by atoms with Crippen LogP contribution in [0.3, 0.4) is 0 Å². The van der Waals surface area contributed by atoms with Crippen molar-refractivity contribution in [2.24, 2.45) is 0 Å². The Kier molecular flexibility index (Phi) is 8.91.